The number of nitrogens with zero attached hydrogens (tertiary/aromatic N) is 1. The van der Waals surface area contributed by atoms with Crippen LogP contribution in [0.15, 0.2) is 41.2 Å². The molecule has 1 aromatic carbocycles. The van der Waals surface area contributed by atoms with E-state index in [-0.39, 0.29) is 11.6 Å². The summed E-state index contributed by atoms with van der Waals surface area (Å²) in [6.45, 7) is 2.42. The molecule has 4 N–H and O–H groups in total. The van der Waals surface area contributed by atoms with Gasteiger partial charge in [-0.3, -0.25) is 4.79 Å². The molecule has 2 rings (SSSR count). The van der Waals surface area contributed by atoms with Crippen molar-refractivity contribution in [3.63, 3.8) is 0 Å². The van der Waals surface area contributed by atoms with E-state index in [2.05, 4.69) is 15.3 Å². The standard InChI is InChI=1S/C14H18N4O/c1-10-17-13(9-14(19)18-10)16-8-7-12(15)11-5-3-2-4-6-11/h2-6,9,12H,7-8,15H2,1H3,(H2,16,17,18,19). The van der Waals surface area contributed by atoms with Crippen LogP contribution < -0.4 is 16.6 Å². The Morgan fingerprint density at radius 2 is 2.11 bits per heavy atom. The van der Waals surface area contributed by atoms with Gasteiger partial charge >= 0.3 is 0 Å². The highest BCUT2D eigenvalue weighted by atomic mass is 16.1. The van der Waals surface area contributed by atoms with Gasteiger partial charge < -0.3 is 16.0 Å². The number of aromatic amines is 1. The van der Waals surface area contributed by atoms with Crippen molar-refractivity contribution in [3.05, 3.63) is 58.1 Å². The van der Waals surface area contributed by atoms with Crippen LogP contribution in [0.5, 0.6) is 0 Å². The molecule has 0 saturated carbocycles. The lowest BCUT2D eigenvalue weighted by molar-refractivity contribution is 0.674. The Kier molecular flexibility index (Phi) is 4.30. The molecule has 1 atom stereocenters. The van der Waals surface area contributed by atoms with E-state index >= 15 is 0 Å². The number of aromatic nitrogens is 2. The molecule has 1 unspecified atom stereocenters. The third-order valence-corrected chi connectivity index (χ3v) is 2.85. The van der Waals surface area contributed by atoms with Crippen molar-refractivity contribution in [3.8, 4) is 0 Å². The van der Waals surface area contributed by atoms with Gasteiger partial charge in [-0.05, 0) is 18.9 Å². The van der Waals surface area contributed by atoms with Crippen molar-refractivity contribution in [1.82, 2.24) is 9.97 Å². The zero-order valence-electron chi connectivity index (χ0n) is 10.9. The fourth-order valence-corrected chi connectivity index (χ4v) is 1.89. The lowest BCUT2D eigenvalue weighted by Gasteiger charge is -2.12. The van der Waals surface area contributed by atoms with Crippen molar-refractivity contribution < 1.29 is 0 Å². The molecule has 0 spiro atoms. The summed E-state index contributed by atoms with van der Waals surface area (Å²) in [5, 5.41) is 3.12. The molecule has 100 valence electrons. The van der Waals surface area contributed by atoms with Crippen molar-refractivity contribution in [2.45, 2.75) is 19.4 Å². The van der Waals surface area contributed by atoms with Crippen molar-refractivity contribution in [2.24, 2.45) is 5.73 Å². The van der Waals surface area contributed by atoms with Gasteiger partial charge in [0.15, 0.2) is 0 Å². The Labute approximate surface area is 111 Å². The average molecular weight is 258 g/mol. The number of rotatable bonds is 5. The zero-order valence-corrected chi connectivity index (χ0v) is 10.9. The summed E-state index contributed by atoms with van der Waals surface area (Å²) in [5.41, 5.74) is 7.05. The van der Waals surface area contributed by atoms with Crippen molar-refractivity contribution in [2.75, 3.05) is 11.9 Å². The lowest BCUT2D eigenvalue weighted by Crippen LogP contribution is -2.17. The number of nitrogens with one attached hydrogen (secondary N) is 2. The van der Waals surface area contributed by atoms with E-state index in [1.165, 1.54) is 6.07 Å². The van der Waals surface area contributed by atoms with Crippen LogP contribution in [0.2, 0.25) is 0 Å². The van der Waals surface area contributed by atoms with Crippen LogP contribution in [-0.2, 0) is 0 Å². The van der Waals surface area contributed by atoms with Gasteiger partial charge in [0.2, 0.25) is 0 Å². The molecule has 0 radical (unpaired) electrons. The van der Waals surface area contributed by atoms with E-state index in [1.807, 2.05) is 30.3 Å². The summed E-state index contributed by atoms with van der Waals surface area (Å²) in [6.07, 6.45) is 0.775. The SMILES string of the molecule is Cc1nc(NCCC(N)c2ccccc2)cc(=O)[nH]1. The predicted molar refractivity (Wildman–Crippen MR) is 76.1 cm³/mol. The third-order valence-electron chi connectivity index (χ3n) is 2.85. The highest BCUT2D eigenvalue weighted by Gasteiger charge is 2.05. The Bertz CT molecular complexity index is 579. The number of anilines is 1. The molecule has 5 nitrogen and oxygen atoms in total. The molecule has 0 amide bonds. The fraction of sp³-hybridized carbons (Fsp3) is 0.286. The monoisotopic (exact) mass is 258 g/mol. The van der Waals surface area contributed by atoms with Crippen LogP contribution in [0.25, 0.3) is 0 Å². The van der Waals surface area contributed by atoms with Crippen LogP contribution in [0, 0.1) is 6.92 Å². The fourth-order valence-electron chi connectivity index (χ4n) is 1.89. The van der Waals surface area contributed by atoms with E-state index in [1.54, 1.807) is 6.92 Å². The van der Waals surface area contributed by atoms with E-state index in [0.717, 1.165) is 12.0 Å². The summed E-state index contributed by atoms with van der Waals surface area (Å²) in [7, 11) is 0. The van der Waals surface area contributed by atoms with Gasteiger partial charge in [-0.2, -0.15) is 0 Å². The van der Waals surface area contributed by atoms with Gasteiger partial charge in [0, 0.05) is 18.7 Å². The van der Waals surface area contributed by atoms with Crippen molar-refractivity contribution in [1.29, 1.82) is 0 Å². The number of H-pyrrole nitrogens is 1. The van der Waals surface area contributed by atoms with E-state index in [9.17, 15) is 4.79 Å². The Morgan fingerprint density at radius 3 is 2.79 bits per heavy atom. The first-order chi connectivity index (χ1) is 9.15. The molecule has 0 saturated heterocycles. The normalized spacial score (nSPS) is 12.1. The minimum atomic E-state index is -0.151. The number of benzene rings is 1. The Hall–Kier alpha value is -2.14. The summed E-state index contributed by atoms with van der Waals surface area (Å²) in [6, 6.07) is 11.4. The van der Waals surface area contributed by atoms with Crippen LogP contribution in [0.4, 0.5) is 5.82 Å². The topological polar surface area (TPSA) is 83.8 Å². The first kappa shape index (κ1) is 13.3. The van der Waals surface area contributed by atoms with E-state index in [4.69, 9.17) is 5.73 Å². The maximum atomic E-state index is 11.3. The van der Waals surface area contributed by atoms with Crippen molar-refractivity contribution >= 4 is 5.82 Å². The van der Waals surface area contributed by atoms with E-state index in [0.29, 0.717) is 18.2 Å². The highest BCUT2D eigenvalue weighted by Crippen LogP contribution is 2.13. The van der Waals surface area contributed by atoms with Gasteiger partial charge in [-0.1, -0.05) is 30.3 Å². The second-order valence-electron chi connectivity index (χ2n) is 4.45. The Balaban J connectivity index is 1.88. The molecule has 0 aliphatic carbocycles. The first-order valence-corrected chi connectivity index (χ1v) is 6.27. The summed E-state index contributed by atoms with van der Waals surface area (Å²) in [4.78, 5) is 18.1. The highest BCUT2D eigenvalue weighted by molar-refractivity contribution is 5.32. The quantitative estimate of drug-likeness (QED) is 0.760. The largest absolute Gasteiger partial charge is 0.370 e. The van der Waals surface area contributed by atoms with Crippen LogP contribution in [0.3, 0.4) is 0 Å². The molecular weight excluding hydrogens is 240 g/mol. The second kappa shape index (κ2) is 6.15. The molecule has 5 heteroatoms. The van der Waals surface area contributed by atoms with Gasteiger partial charge in [0.05, 0.1) is 0 Å². The second-order valence-corrected chi connectivity index (χ2v) is 4.45. The summed E-state index contributed by atoms with van der Waals surface area (Å²) >= 11 is 0. The minimum Gasteiger partial charge on any atom is -0.370 e. The maximum Gasteiger partial charge on any atom is 0.252 e. The number of hydrogen-bond acceptors (Lipinski definition) is 4. The number of aryl methyl sites for hydroxylation is 1. The lowest BCUT2D eigenvalue weighted by atomic mass is 10.1. The van der Waals surface area contributed by atoms with Gasteiger partial charge in [0.1, 0.15) is 11.6 Å². The van der Waals surface area contributed by atoms with Gasteiger partial charge in [0.25, 0.3) is 5.56 Å². The molecule has 19 heavy (non-hydrogen) atoms. The molecule has 1 aromatic heterocycles. The van der Waals surface area contributed by atoms with E-state index < -0.39 is 0 Å². The van der Waals surface area contributed by atoms with Crippen LogP contribution in [-0.4, -0.2) is 16.5 Å². The smallest absolute Gasteiger partial charge is 0.252 e. The zero-order chi connectivity index (χ0) is 13.7. The van der Waals surface area contributed by atoms with Gasteiger partial charge in [-0.25, -0.2) is 4.98 Å². The summed E-state index contributed by atoms with van der Waals surface area (Å²) in [5.74, 6) is 1.18. The molecule has 0 bridgehead atoms. The summed E-state index contributed by atoms with van der Waals surface area (Å²) < 4.78 is 0. The predicted octanol–water partition coefficient (Wildman–Crippen LogP) is 1.58. The van der Waals surface area contributed by atoms with Crippen LogP contribution >= 0.6 is 0 Å². The van der Waals surface area contributed by atoms with Crippen LogP contribution in [0.1, 0.15) is 23.9 Å². The maximum absolute atomic E-state index is 11.3. The molecular formula is C14H18N4O. The number of hydrogen-bond donors (Lipinski definition) is 3. The molecule has 1 heterocycles. The first-order valence-electron chi connectivity index (χ1n) is 6.27. The number of nitrogens with two attached hydrogens (primary N) is 1. The average Bonchev–Trinajstić information content (AvgIpc) is 2.38. The minimum absolute atomic E-state index is 0.0169. The van der Waals surface area contributed by atoms with Gasteiger partial charge in [-0.15, -0.1) is 0 Å². The molecule has 2 aromatic rings. The molecule has 0 aliphatic rings. The molecule has 0 aliphatic heterocycles. The third kappa shape index (κ3) is 3.93. The Morgan fingerprint density at radius 1 is 1.37 bits per heavy atom. The molecule has 0 fully saturated rings.